The van der Waals surface area contributed by atoms with Gasteiger partial charge in [-0.25, -0.2) is 4.98 Å². The van der Waals surface area contributed by atoms with Gasteiger partial charge >= 0.3 is 0 Å². The van der Waals surface area contributed by atoms with Crippen LogP contribution in [0.1, 0.15) is 11.4 Å². The first kappa shape index (κ1) is 8.81. The molecule has 2 aromatic rings. The fourth-order valence-electron chi connectivity index (χ4n) is 1.33. The molecular formula is C11H13N3. The molecule has 0 bridgehead atoms. The first-order valence-electron chi connectivity index (χ1n) is 4.56. The fraction of sp³-hybridized carbons (Fsp3) is 0.182. The molecule has 0 unspecified atom stereocenters. The minimum Gasteiger partial charge on any atom is -0.399 e. The summed E-state index contributed by atoms with van der Waals surface area (Å²) in [4.78, 5) is 7.64. The van der Waals surface area contributed by atoms with Crippen LogP contribution in [0.3, 0.4) is 0 Å². The SMILES string of the molecule is Cc1nc(-c2ccc(N)cc2)[nH]c1C. The average molecular weight is 187 g/mol. The molecule has 1 aromatic carbocycles. The lowest BCUT2D eigenvalue weighted by Gasteiger charge is -1.96. The van der Waals surface area contributed by atoms with Crippen molar-refractivity contribution in [1.29, 1.82) is 0 Å². The Morgan fingerprint density at radius 3 is 2.29 bits per heavy atom. The van der Waals surface area contributed by atoms with E-state index >= 15 is 0 Å². The Morgan fingerprint density at radius 2 is 1.79 bits per heavy atom. The summed E-state index contributed by atoms with van der Waals surface area (Å²) in [7, 11) is 0. The van der Waals surface area contributed by atoms with Crippen LogP contribution in [0, 0.1) is 13.8 Å². The lowest BCUT2D eigenvalue weighted by atomic mass is 10.2. The number of rotatable bonds is 1. The molecule has 2 rings (SSSR count). The Labute approximate surface area is 83.0 Å². The van der Waals surface area contributed by atoms with Crippen molar-refractivity contribution in [3.05, 3.63) is 35.7 Å². The van der Waals surface area contributed by atoms with E-state index in [0.29, 0.717) is 0 Å². The molecule has 0 atom stereocenters. The second kappa shape index (κ2) is 3.18. The minimum atomic E-state index is 0.772. The maximum absolute atomic E-state index is 5.61. The van der Waals surface area contributed by atoms with E-state index in [1.54, 1.807) is 0 Å². The second-order valence-electron chi connectivity index (χ2n) is 3.42. The molecule has 0 aliphatic carbocycles. The number of hydrogen-bond acceptors (Lipinski definition) is 2. The van der Waals surface area contributed by atoms with E-state index in [4.69, 9.17) is 5.73 Å². The summed E-state index contributed by atoms with van der Waals surface area (Å²) in [5.74, 6) is 0.903. The number of aromatic amines is 1. The van der Waals surface area contributed by atoms with Crippen molar-refractivity contribution in [2.24, 2.45) is 0 Å². The van der Waals surface area contributed by atoms with Crippen LogP contribution in [0.25, 0.3) is 11.4 Å². The minimum absolute atomic E-state index is 0.772. The summed E-state index contributed by atoms with van der Waals surface area (Å²) in [6.07, 6.45) is 0. The summed E-state index contributed by atoms with van der Waals surface area (Å²) in [6, 6.07) is 7.69. The number of nitrogens with zero attached hydrogens (tertiary/aromatic N) is 1. The van der Waals surface area contributed by atoms with Crippen molar-refractivity contribution in [3.8, 4) is 11.4 Å². The van der Waals surface area contributed by atoms with E-state index in [-0.39, 0.29) is 0 Å². The number of anilines is 1. The van der Waals surface area contributed by atoms with E-state index in [1.807, 2.05) is 38.1 Å². The highest BCUT2D eigenvalue weighted by Crippen LogP contribution is 2.18. The van der Waals surface area contributed by atoms with Crippen molar-refractivity contribution < 1.29 is 0 Å². The van der Waals surface area contributed by atoms with Crippen molar-refractivity contribution in [3.63, 3.8) is 0 Å². The Kier molecular flexibility index (Phi) is 2.00. The molecule has 14 heavy (non-hydrogen) atoms. The van der Waals surface area contributed by atoms with E-state index in [0.717, 1.165) is 28.5 Å². The molecule has 0 radical (unpaired) electrons. The van der Waals surface area contributed by atoms with Gasteiger partial charge in [0.05, 0.1) is 5.69 Å². The van der Waals surface area contributed by atoms with Crippen LogP contribution >= 0.6 is 0 Å². The molecule has 0 amide bonds. The summed E-state index contributed by atoms with van der Waals surface area (Å²) < 4.78 is 0. The molecule has 72 valence electrons. The van der Waals surface area contributed by atoms with Crippen molar-refractivity contribution >= 4 is 5.69 Å². The maximum atomic E-state index is 5.61. The molecule has 3 nitrogen and oxygen atoms in total. The van der Waals surface area contributed by atoms with E-state index in [1.165, 1.54) is 0 Å². The summed E-state index contributed by atoms with van der Waals surface area (Å²) >= 11 is 0. The van der Waals surface area contributed by atoms with Crippen LogP contribution in [0.4, 0.5) is 5.69 Å². The Bertz CT molecular complexity index is 421. The molecule has 0 spiro atoms. The number of hydrogen-bond donors (Lipinski definition) is 2. The predicted octanol–water partition coefficient (Wildman–Crippen LogP) is 2.28. The molecule has 0 saturated carbocycles. The molecular weight excluding hydrogens is 174 g/mol. The van der Waals surface area contributed by atoms with Gasteiger partial charge in [0.2, 0.25) is 0 Å². The van der Waals surface area contributed by atoms with Gasteiger partial charge in [0.15, 0.2) is 0 Å². The van der Waals surface area contributed by atoms with Gasteiger partial charge in [0, 0.05) is 16.9 Å². The third-order valence-corrected chi connectivity index (χ3v) is 2.31. The van der Waals surface area contributed by atoms with Crippen molar-refractivity contribution in [2.45, 2.75) is 13.8 Å². The van der Waals surface area contributed by atoms with Crippen LogP contribution in [0.5, 0.6) is 0 Å². The second-order valence-corrected chi connectivity index (χ2v) is 3.42. The van der Waals surface area contributed by atoms with Gasteiger partial charge < -0.3 is 10.7 Å². The first-order chi connectivity index (χ1) is 6.66. The van der Waals surface area contributed by atoms with Gasteiger partial charge in [-0.1, -0.05) is 0 Å². The molecule has 3 N–H and O–H groups in total. The standard InChI is InChI=1S/C11H13N3/c1-7-8(2)14-11(13-7)9-3-5-10(12)6-4-9/h3-6H,12H2,1-2H3,(H,13,14). The van der Waals surface area contributed by atoms with Crippen LogP contribution in [0.15, 0.2) is 24.3 Å². The number of benzene rings is 1. The highest BCUT2D eigenvalue weighted by molar-refractivity contribution is 5.59. The van der Waals surface area contributed by atoms with Crippen LogP contribution in [-0.4, -0.2) is 9.97 Å². The summed E-state index contributed by atoms with van der Waals surface area (Å²) in [5, 5.41) is 0. The zero-order valence-corrected chi connectivity index (χ0v) is 8.33. The Balaban J connectivity index is 2.44. The number of nitrogens with two attached hydrogens (primary N) is 1. The topological polar surface area (TPSA) is 54.7 Å². The van der Waals surface area contributed by atoms with Gasteiger partial charge in [-0.05, 0) is 38.1 Å². The number of imidazole rings is 1. The smallest absolute Gasteiger partial charge is 0.137 e. The van der Waals surface area contributed by atoms with E-state index in [9.17, 15) is 0 Å². The van der Waals surface area contributed by atoms with Gasteiger partial charge in [-0.15, -0.1) is 0 Å². The largest absolute Gasteiger partial charge is 0.399 e. The number of nitrogens with one attached hydrogen (secondary N) is 1. The molecule has 0 aliphatic rings. The maximum Gasteiger partial charge on any atom is 0.137 e. The van der Waals surface area contributed by atoms with Gasteiger partial charge in [0.1, 0.15) is 5.82 Å². The number of H-pyrrole nitrogens is 1. The number of aryl methyl sites for hydroxylation is 2. The molecule has 0 fully saturated rings. The highest BCUT2D eigenvalue weighted by Gasteiger charge is 2.03. The Hall–Kier alpha value is -1.77. The predicted molar refractivity (Wildman–Crippen MR) is 57.9 cm³/mol. The zero-order valence-electron chi connectivity index (χ0n) is 8.33. The normalized spacial score (nSPS) is 10.4. The van der Waals surface area contributed by atoms with Crippen LogP contribution in [0.2, 0.25) is 0 Å². The summed E-state index contributed by atoms with van der Waals surface area (Å²) in [5.41, 5.74) is 9.59. The van der Waals surface area contributed by atoms with E-state index in [2.05, 4.69) is 9.97 Å². The van der Waals surface area contributed by atoms with Crippen molar-refractivity contribution in [2.75, 3.05) is 5.73 Å². The Morgan fingerprint density at radius 1 is 1.14 bits per heavy atom. The molecule has 0 aliphatic heterocycles. The van der Waals surface area contributed by atoms with Crippen LogP contribution in [-0.2, 0) is 0 Å². The quantitative estimate of drug-likeness (QED) is 0.673. The van der Waals surface area contributed by atoms with Crippen molar-refractivity contribution in [1.82, 2.24) is 9.97 Å². The van der Waals surface area contributed by atoms with Crippen LogP contribution < -0.4 is 5.73 Å². The number of aromatic nitrogens is 2. The lowest BCUT2D eigenvalue weighted by molar-refractivity contribution is 1.22. The van der Waals surface area contributed by atoms with E-state index < -0.39 is 0 Å². The monoisotopic (exact) mass is 187 g/mol. The molecule has 1 heterocycles. The summed E-state index contributed by atoms with van der Waals surface area (Å²) in [6.45, 7) is 4.01. The highest BCUT2D eigenvalue weighted by atomic mass is 14.9. The fourth-order valence-corrected chi connectivity index (χ4v) is 1.33. The molecule has 0 saturated heterocycles. The first-order valence-corrected chi connectivity index (χ1v) is 4.56. The van der Waals surface area contributed by atoms with Gasteiger partial charge in [-0.3, -0.25) is 0 Å². The number of nitrogen functional groups attached to an aromatic ring is 1. The third kappa shape index (κ3) is 1.48. The molecule has 1 aromatic heterocycles. The lowest BCUT2D eigenvalue weighted by Crippen LogP contribution is -1.85. The zero-order chi connectivity index (χ0) is 10.1. The van der Waals surface area contributed by atoms with Gasteiger partial charge in [0.25, 0.3) is 0 Å². The molecule has 3 heteroatoms. The van der Waals surface area contributed by atoms with Gasteiger partial charge in [-0.2, -0.15) is 0 Å². The average Bonchev–Trinajstić information content (AvgIpc) is 2.48. The third-order valence-electron chi connectivity index (χ3n) is 2.31.